The molecule has 1 aromatic carbocycles. The van der Waals surface area contributed by atoms with Gasteiger partial charge in [-0.15, -0.1) is 0 Å². The Morgan fingerprint density at radius 2 is 2.00 bits per heavy atom. The fourth-order valence-corrected chi connectivity index (χ4v) is 2.38. The molecular formula is C16H20FN5O4. The van der Waals surface area contributed by atoms with Gasteiger partial charge >= 0.3 is 5.97 Å². The molecule has 0 radical (unpaired) electrons. The molecule has 26 heavy (non-hydrogen) atoms. The van der Waals surface area contributed by atoms with Crippen molar-refractivity contribution in [2.75, 3.05) is 20.2 Å². The van der Waals surface area contributed by atoms with E-state index >= 15 is 0 Å². The SMILES string of the molecule is CNCC(=O)O.F.NC(=O)c1nc2ccccc2c2c1ncn2CCO. The van der Waals surface area contributed by atoms with Crippen molar-refractivity contribution in [3.63, 3.8) is 0 Å². The maximum atomic E-state index is 11.5. The number of fused-ring (bicyclic) bond motifs is 3. The Balaban J connectivity index is 0.000000422. The average Bonchev–Trinajstić information content (AvgIpc) is 2.99. The van der Waals surface area contributed by atoms with E-state index in [1.165, 1.54) is 0 Å². The second-order valence-electron chi connectivity index (χ2n) is 5.12. The maximum absolute atomic E-state index is 11.5. The lowest BCUT2D eigenvalue weighted by atomic mass is 10.1. The number of carbonyl (C=O) groups excluding carboxylic acids is 1. The van der Waals surface area contributed by atoms with E-state index in [9.17, 15) is 9.59 Å². The molecule has 0 fully saturated rings. The molecule has 1 amide bonds. The molecule has 0 aliphatic heterocycles. The van der Waals surface area contributed by atoms with Gasteiger partial charge in [-0.3, -0.25) is 14.3 Å². The number of aromatic nitrogens is 3. The quantitative estimate of drug-likeness (QED) is 0.503. The molecule has 10 heteroatoms. The molecule has 0 bridgehead atoms. The monoisotopic (exact) mass is 365 g/mol. The van der Waals surface area contributed by atoms with Crippen molar-refractivity contribution in [3.05, 3.63) is 36.3 Å². The van der Waals surface area contributed by atoms with E-state index in [2.05, 4.69) is 15.3 Å². The zero-order chi connectivity index (χ0) is 18.4. The molecule has 2 aromatic heterocycles. The first-order valence-electron chi connectivity index (χ1n) is 7.50. The molecule has 140 valence electrons. The van der Waals surface area contributed by atoms with Crippen LogP contribution in [0, 0.1) is 0 Å². The molecule has 3 rings (SSSR count). The minimum absolute atomic E-state index is 0. The fourth-order valence-electron chi connectivity index (χ4n) is 2.38. The van der Waals surface area contributed by atoms with Gasteiger partial charge in [0.2, 0.25) is 0 Å². The van der Waals surface area contributed by atoms with Crippen LogP contribution in [-0.4, -0.2) is 56.8 Å². The van der Waals surface area contributed by atoms with Gasteiger partial charge in [0.25, 0.3) is 5.91 Å². The summed E-state index contributed by atoms with van der Waals surface area (Å²) in [6.45, 7) is 0.441. The van der Waals surface area contributed by atoms with Crippen LogP contribution in [0.5, 0.6) is 0 Å². The topological polar surface area (TPSA) is 143 Å². The van der Waals surface area contributed by atoms with Gasteiger partial charge in [0, 0.05) is 11.9 Å². The molecule has 0 aliphatic carbocycles. The highest BCUT2D eigenvalue weighted by Gasteiger charge is 2.16. The number of halogens is 1. The Hall–Kier alpha value is -3.11. The third kappa shape index (κ3) is 4.49. The van der Waals surface area contributed by atoms with E-state index in [-0.39, 0.29) is 23.5 Å². The van der Waals surface area contributed by atoms with E-state index in [0.717, 1.165) is 10.9 Å². The highest BCUT2D eigenvalue weighted by Crippen LogP contribution is 2.25. The lowest BCUT2D eigenvalue weighted by molar-refractivity contribution is -0.135. The van der Waals surface area contributed by atoms with Gasteiger partial charge in [-0.2, -0.15) is 0 Å². The molecule has 0 atom stereocenters. The largest absolute Gasteiger partial charge is 0.480 e. The highest BCUT2D eigenvalue weighted by atomic mass is 19.0. The predicted octanol–water partition coefficient (Wildman–Crippen LogP) is 0.119. The number of imidazole rings is 1. The lowest BCUT2D eigenvalue weighted by Crippen LogP contribution is -2.16. The molecule has 0 saturated carbocycles. The Kier molecular flexibility index (Phi) is 7.56. The van der Waals surface area contributed by atoms with Gasteiger partial charge in [-0.1, -0.05) is 18.2 Å². The number of rotatable bonds is 5. The summed E-state index contributed by atoms with van der Waals surface area (Å²) in [7, 11) is 1.59. The third-order valence-electron chi connectivity index (χ3n) is 3.36. The number of para-hydroxylation sites is 1. The molecule has 0 saturated heterocycles. The standard InChI is InChI=1S/C13H12N4O2.C3H7NO2.FH/c14-13(19)11-10-12(17(5-6-18)7-15-10)8-3-1-2-4-9(8)16-11;1-4-2-3(5)6;/h1-4,7,18H,5-6H2,(H2,14,19);4H,2H2,1H3,(H,5,6);1H. The highest BCUT2D eigenvalue weighted by molar-refractivity contribution is 6.11. The zero-order valence-electron chi connectivity index (χ0n) is 14.0. The van der Waals surface area contributed by atoms with Gasteiger partial charge in [-0.25, -0.2) is 9.97 Å². The summed E-state index contributed by atoms with van der Waals surface area (Å²) in [5, 5.41) is 20.3. The van der Waals surface area contributed by atoms with Crippen molar-refractivity contribution >= 4 is 33.8 Å². The fraction of sp³-hybridized carbons (Fsp3) is 0.250. The number of benzene rings is 1. The van der Waals surface area contributed by atoms with Crippen LogP contribution >= 0.6 is 0 Å². The normalized spacial score (nSPS) is 10.1. The van der Waals surface area contributed by atoms with Gasteiger partial charge in [0.15, 0.2) is 5.69 Å². The number of aliphatic hydroxyl groups is 1. The second-order valence-corrected chi connectivity index (χ2v) is 5.12. The van der Waals surface area contributed by atoms with Crippen molar-refractivity contribution in [1.29, 1.82) is 0 Å². The van der Waals surface area contributed by atoms with Crippen LogP contribution in [-0.2, 0) is 11.3 Å². The first-order valence-corrected chi connectivity index (χ1v) is 7.50. The van der Waals surface area contributed by atoms with Crippen LogP contribution in [0.3, 0.4) is 0 Å². The molecule has 0 spiro atoms. The van der Waals surface area contributed by atoms with Gasteiger partial charge < -0.3 is 25.8 Å². The third-order valence-corrected chi connectivity index (χ3v) is 3.36. The summed E-state index contributed by atoms with van der Waals surface area (Å²) in [6.07, 6.45) is 1.58. The summed E-state index contributed by atoms with van der Waals surface area (Å²) < 4.78 is 1.80. The van der Waals surface area contributed by atoms with E-state index in [0.29, 0.717) is 17.6 Å². The predicted molar refractivity (Wildman–Crippen MR) is 94.7 cm³/mol. The Morgan fingerprint density at radius 1 is 1.31 bits per heavy atom. The first kappa shape index (κ1) is 20.9. The summed E-state index contributed by atoms with van der Waals surface area (Å²) >= 11 is 0. The average molecular weight is 365 g/mol. The number of amides is 1. The number of aliphatic carboxylic acids is 1. The maximum Gasteiger partial charge on any atom is 0.317 e. The van der Waals surface area contributed by atoms with Crippen LogP contribution in [0.25, 0.3) is 21.9 Å². The van der Waals surface area contributed by atoms with Gasteiger partial charge in [0.05, 0.1) is 30.5 Å². The number of nitrogens with two attached hydrogens (primary N) is 1. The summed E-state index contributed by atoms with van der Waals surface area (Å²) in [4.78, 5) is 29.5. The number of hydrogen-bond donors (Lipinski definition) is 4. The molecular weight excluding hydrogens is 345 g/mol. The van der Waals surface area contributed by atoms with Crippen molar-refractivity contribution in [2.24, 2.45) is 5.73 Å². The van der Waals surface area contributed by atoms with Crippen molar-refractivity contribution in [3.8, 4) is 0 Å². The van der Waals surface area contributed by atoms with Crippen molar-refractivity contribution in [2.45, 2.75) is 6.54 Å². The van der Waals surface area contributed by atoms with Crippen LogP contribution in [0.2, 0.25) is 0 Å². The van der Waals surface area contributed by atoms with Gasteiger partial charge in [0.1, 0.15) is 5.52 Å². The van der Waals surface area contributed by atoms with Crippen LogP contribution < -0.4 is 11.1 Å². The minimum atomic E-state index is -0.822. The molecule has 0 aliphatic rings. The number of carbonyl (C=O) groups is 2. The van der Waals surface area contributed by atoms with E-state index < -0.39 is 11.9 Å². The molecule has 5 N–H and O–H groups in total. The number of primary amides is 1. The number of likely N-dealkylation sites (N-methyl/N-ethyl adjacent to an activating group) is 1. The van der Waals surface area contributed by atoms with Crippen LogP contribution in [0.4, 0.5) is 4.70 Å². The van der Waals surface area contributed by atoms with Gasteiger partial charge in [-0.05, 0) is 13.1 Å². The number of nitrogens with one attached hydrogen (secondary N) is 1. The summed E-state index contributed by atoms with van der Waals surface area (Å²) in [6, 6.07) is 7.46. The molecule has 9 nitrogen and oxygen atoms in total. The first-order chi connectivity index (χ1) is 12.0. The van der Waals surface area contributed by atoms with E-state index in [1.807, 2.05) is 24.3 Å². The Bertz CT molecular complexity index is 912. The summed E-state index contributed by atoms with van der Waals surface area (Å²) in [5.41, 5.74) is 7.44. The number of carboxylic acids is 1. The second kappa shape index (κ2) is 9.39. The van der Waals surface area contributed by atoms with Crippen molar-refractivity contribution in [1.82, 2.24) is 19.9 Å². The number of aliphatic hydroxyl groups excluding tert-OH is 1. The Morgan fingerprint density at radius 3 is 2.54 bits per heavy atom. The number of nitrogens with zero attached hydrogens (tertiary/aromatic N) is 3. The Labute approximate surface area is 147 Å². The lowest BCUT2D eigenvalue weighted by Gasteiger charge is -2.06. The summed E-state index contributed by atoms with van der Waals surface area (Å²) in [5.74, 6) is -1.43. The smallest absolute Gasteiger partial charge is 0.317 e. The molecule has 0 unspecified atom stereocenters. The van der Waals surface area contributed by atoms with E-state index in [4.69, 9.17) is 15.9 Å². The van der Waals surface area contributed by atoms with E-state index in [1.54, 1.807) is 17.9 Å². The molecule has 2 heterocycles. The van der Waals surface area contributed by atoms with Crippen molar-refractivity contribution < 1.29 is 24.5 Å². The zero-order valence-corrected chi connectivity index (χ0v) is 14.0. The number of pyridine rings is 1. The van der Waals surface area contributed by atoms with Crippen LogP contribution in [0.1, 0.15) is 10.5 Å². The minimum Gasteiger partial charge on any atom is -0.480 e. The van der Waals surface area contributed by atoms with Crippen LogP contribution in [0.15, 0.2) is 30.6 Å². The number of hydrogen-bond acceptors (Lipinski definition) is 6. The number of carboxylic acid groups (broad SMARTS) is 1. The molecule has 3 aromatic rings.